The van der Waals surface area contributed by atoms with Gasteiger partial charge in [-0.1, -0.05) is 17.3 Å². The summed E-state index contributed by atoms with van der Waals surface area (Å²) in [7, 11) is 1.77. The highest BCUT2D eigenvalue weighted by Crippen LogP contribution is 2.62. The zero-order valence-corrected chi connectivity index (χ0v) is 18.2. The van der Waals surface area contributed by atoms with E-state index in [0.29, 0.717) is 5.69 Å². The minimum absolute atomic E-state index is 0.228. The van der Waals surface area contributed by atoms with E-state index in [-0.39, 0.29) is 11.0 Å². The quantitative estimate of drug-likeness (QED) is 0.524. The third-order valence-electron chi connectivity index (χ3n) is 8.03. The van der Waals surface area contributed by atoms with Crippen LogP contribution in [0.4, 0.5) is 0 Å². The molecule has 0 saturated heterocycles. The molecule has 0 radical (unpaired) electrons. The van der Waals surface area contributed by atoms with Gasteiger partial charge in [-0.2, -0.15) is 0 Å². The molecular weight excluding hydrogens is 402 g/mol. The topological polar surface area (TPSA) is 72.6 Å². The normalized spacial score (nSPS) is 28.1. The average molecular weight is 430 g/mol. The number of rotatable bonds is 5. The van der Waals surface area contributed by atoms with E-state index >= 15 is 0 Å². The van der Waals surface area contributed by atoms with Gasteiger partial charge in [0.05, 0.1) is 12.7 Å². The van der Waals surface area contributed by atoms with Gasteiger partial charge in [-0.3, -0.25) is 0 Å². The Morgan fingerprint density at radius 1 is 0.969 bits per heavy atom. The fourth-order valence-electron chi connectivity index (χ4n) is 7.05. The van der Waals surface area contributed by atoms with Crippen LogP contribution < -0.4 is 4.74 Å². The lowest BCUT2D eigenvalue weighted by molar-refractivity contribution is -0.00614. The number of methoxy groups -OCH3 is 1. The molecule has 7 rings (SSSR count). The molecule has 32 heavy (non-hydrogen) atoms. The third-order valence-corrected chi connectivity index (χ3v) is 8.03. The van der Waals surface area contributed by atoms with E-state index in [0.717, 1.165) is 40.4 Å². The summed E-state index contributed by atoms with van der Waals surface area (Å²) in [5, 5.41) is 13.4. The zero-order valence-electron chi connectivity index (χ0n) is 18.2. The van der Waals surface area contributed by atoms with Crippen LogP contribution in [-0.2, 0) is 5.41 Å². The van der Waals surface area contributed by atoms with Crippen LogP contribution in [0, 0.1) is 17.8 Å². The molecule has 5 heteroatoms. The molecule has 4 saturated carbocycles. The van der Waals surface area contributed by atoms with Gasteiger partial charge in [0, 0.05) is 22.8 Å². The van der Waals surface area contributed by atoms with Crippen molar-refractivity contribution >= 4 is 5.97 Å². The first kappa shape index (κ1) is 19.6. The van der Waals surface area contributed by atoms with Crippen LogP contribution in [0.3, 0.4) is 0 Å². The van der Waals surface area contributed by atoms with Crippen molar-refractivity contribution in [2.75, 3.05) is 7.11 Å². The van der Waals surface area contributed by atoms with Crippen molar-refractivity contribution in [2.24, 2.45) is 17.8 Å². The molecule has 164 valence electrons. The molecule has 4 fully saturated rings. The second-order valence-electron chi connectivity index (χ2n) is 10.1. The summed E-state index contributed by atoms with van der Waals surface area (Å²) in [5.74, 6) is 3.35. The summed E-state index contributed by atoms with van der Waals surface area (Å²) in [6.45, 7) is 0. The molecule has 1 aromatic heterocycles. The summed E-state index contributed by atoms with van der Waals surface area (Å²) in [6, 6.07) is 15.0. The van der Waals surface area contributed by atoms with Crippen LogP contribution in [0.5, 0.6) is 5.75 Å². The van der Waals surface area contributed by atoms with Gasteiger partial charge in [0.1, 0.15) is 11.4 Å². The second-order valence-corrected chi connectivity index (χ2v) is 10.1. The maximum Gasteiger partial charge on any atom is 0.335 e. The smallest absolute Gasteiger partial charge is 0.335 e. The Hall–Kier alpha value is -3.08. The zero-order chi connectivity index (χ0) is 21.9. The van der Waals surface area contributed by atoms with E-state index in [2.05, 4.69) is 17.3 Å². The molecule has 4 bridgehead atoms. The van der Waals surface area contributed by atoms with Crippen molar-refractivity contribution in [3.63, 3.8) is 0 Å². The number of aromatic carboxylic acids is 1. The number of nitrogens with zero attached hydrogens (tertiary/aromatic N) is 1. The molecule has 2 aromatic carbocycles. The van der Waals surface area contributed by atoms with Gasteiger partial charge >= 0.3 is 5.97 Å². The molecule has 3 aromatic rings. The Morgan fingerprint density at radius 2 is 1.59 bits per heavy atom. The first-order chi connectivity index (χ1) is 15.5. The van der Waals surface area contributed by atoms with Gasteiger partial charge in [-0.05, 0) is 92.0 Å². The molecule has 0 unspecified atom stereocenters. The van der Waals surface area contributed by atoms with Crippen molar-refractivity contribution in [2.45, 2.75) is 43.9 Å². The molecule has 0 amide bonds. The number of ether oxygens (including phenoxy) is 1. The lowest BCUT2D eigenvalue weighted by Crippen LogP contribution is -2.48. The minimum Gasteiger partial charge on any atom is -0.496 e. The average Bonchev–Trinajstić information content (AvgIpc) is 3.28. The highest BCUT2D eigenvalue weighted by atomic mass is 16.5. The number of carboxylic acid groups (broad SMARTS) is 1. The van der Waals surface area contributed by atoms with E-state index in [1.807, 2.05) is 12.1 Å². The lowest BCUT2D eigenvalue weighted by atomic mass is 9.48. The van der Waals surface area contributed by atoms with Crippen molar-refractivity contribution < 1.29 is 19.2 Å². The van der Waals surface area contributed by atoms with Gasteiger partial charge in [-0.25, -0.2) is 4.79 Å². The Balaban J connectivity index is 1.35. The van der Waals surface area contributed by atoms with Crippen molar-refractivity contribution in [3.8, 4) is 28.3 Å². The number of aromatic nitrogens is 1. The summed E-state index contributed by atoms with van der Waals surface area (Å²) in [4.78, 5) is 11.1. The van der Waals surface area contributed by atoms with E-state index in [1.54, 1.807) is 31.4 Å². The first-order valence-corrected chi connectivity index (χ1v) is 11.5. The maximum absolute atomic E-state index is 11.1. The molecule has 5 nitrogen and oxygen atoms in total. The molecule has 0 aliphatic heterocycles. The molecule has 0 atom stereocenters. The third kappa shape index (κ3) is 3.14. The maximum atomic E-state index is 11.1. The van der Waals surface area contributed by atoms with E-state index in [4.69, 9.17) is 14.4 Å². The second kappa shape index (κ2) is 7.22. The monoisotopic (exact) mass is 429 g/mol. The van der Waals surface area contributed by atoms with Gasteiger partial charge in [-0.15, -0.1) is 0 Å². The molecule has 0 spiro atoms. The fraction of sp³-hybridized carbons (Fsp3) is 0.407. The Morgan fingerprint density at radius 3 is 2.19 bits per heavy atom. The summed E-state index contributed by atoms with van der Waals surface area (Å²) < 4.78 is 11.6. The van der Waals surface area contributed by atoms with E-state index in [9.17, 15) is 4.79 Å². The molecule has 4 aliphatic carbocycles. The van der Waals surface area contributed by atoms with Gasteiger partial charge in [0.2, 0.25) is 0 Å². The molecular formula is C27H27NO4. The lowest BCUT2D eigenvalue weighted by Gasteiger charge is -2.57. The van der Waals surface area contributed by atoms with Crippen molar-refractivity contribution in [3.05, 3.63) is 59.7 Å². The van der Waals surface area contributed by atoms with Crippen LogP contribution in [0.1, 0.15) is 54.4 Å². The van der Waals surface area contributed by atoms with Crippen LogP contribution in [0.2, 0.25) is 0 Å². The van der Waals surface area contributed by atoms with Crippen LogP contribution in [0.15, 0.2) is 53.1 Å². The van der Waals surface area contributed by atoms with Crippen LogP contribution in [-0.4, -0.2) is 23.3 Å². The Kier molecular flexibility index (Phi) is 4.42. The minimum atomic E-state index is -0.937. The summed E-state index contributed by atoms with van der Waals surface area (Å²) in [6.07, 6.45) is 8.05. The number of carbonyl (C=O) groups is 1. The highest BCUT2D eigenvalue weighted by molar-refractivity contribution is 5.88. The predicted molar refractivity (Wildman–Crippen MR) is 121 cm³/mol. The van der Waals surface area contributed by atoms with Gasteiger partial charge < -0.3 is 14.4 Å². The number of carboxylic acids is 1. The summed E-state index contributed by atoms with van der Waals surface area (Å²) in [5.41, 5.74) is 4.36. The molecule has 1 heterocycles. The number of hydrogen-bond acceptors (Lipinski definition) is 4. The molecule has 4 aliphatic rings. The Bertz CT molecular complexity index is 1140. The standard InChI is InChI=1S/C27H27NO4/c1-31-24-7-6-21(11-22(24)27-13-16-8-17(14-27)10-18(9-16)15-27)25-12-23(28-32-25)19-2-4-20(5-3-19)26(29)30/h2-7,11-12,16-18H,8-10,13-15H2,1H3,(H,29,30). The van der Waals surface area contributed by atoms with Crippen molar-refractivity contribution in [1.82, 2.24) is 5.16 Å². The SMILES string of the molecule is COc1ccc(-c2cc(-c3ccc(C(=O)O)cc3)no2)cc1C12CC3CC(CC(C3)C1)C2. The van der Waals surface area contributed by atoms with E-state index in [1.165, 1.54) is 44.1 Å². The van der Waals surface area contributed by atoms with Crippen molar-refractivity contribution in [1.29, 1.82) is 0 Å². The fourth-order valence-corrected chi connectivity index (χ4v) is 7.05. The highest BCUT2D eigenvalue weighted by Gasteiger charge is 2.52. The first-order valence-electron chi connectivity index (χ1n) is 11.5. The summed E-state index contributed by atoms with van der Waals surface area (Å²) >= 11 is 0. The number of benzene rings is 2. The van der Waals surface area contributed by atoms with E-state index < -0.39 is 5.97 Å². The van der Waals surface area contributed by atoms with Crippen LogP contribution in [0.25, 0.3) is 22.6 Å². The van der Waals surface area contributed by atoms with Gasteiger partial charge in [0.15, 0.2) is 5.76 Å². The Labute approximate surface area is 187 Å². The van der Waals surface area contributed by atoms with Crippen LogP contribution >= 0.6 is 0 Å². The number of hydrogen-bond donors (Lipinski definition) is 1. The predicted octanol–water partition coefficient (Wildman–Crippen LogP) is 6.18. The largest absolute Gasteiger partial charge is 0.496 e. The van der Waals surface area contributed by atoms with Gasteiger partial charge in [0.25, 0.3) is 0 Å². The molecule has 1 N–H and O–H groups in total.